The standard InChI is InChI=1S/C24H33N3O2/c1-6-29-22-10-8-7-9-21(22)27-13-11-26(12-14-27)20(5)24(28)25-23-18(3)15-17(2)16-19(23)4/h7-10,15-16,20H,6,11-14H2,1-5H3,(H,25,28)/t20-/m0/s1. The first-order chi connectivity index (χ1) is 13.9. The van der Waals surface area contributed by atoms with Gasteiger partial charge in [0.15, 0.2) is 0 Å². The summed E-state index contributed by atoms with van der Waals surface area (Å²) in [5.74, 6) is 0.989. The highest BCUT2D eigenvalue weighted by Gasteiger charge is 2.27. The van der Waals surface area contributed by atoms with Crippen molar-refractivity contribution in [3.8, 4) is 5.75 Å². The quantitative estimate of drug-likeness (QED) is 0.798. The van der Waals surface area contributed by atoms with E-state index in [0.29, 0.717) is 6.61 Å². The third-order valence-electron chi connectivity index (χ3n) is 5.67. The number of carbonyl (C=O) groups is 1. The summed E-state index contributed by atoms with van der Waals surface area (Å²) in [4.78, 5) is 17.5. The van der Waals surface area contributed by atoms with E-state index in [1.54, 1.807) is 0 Å². The minimum absolute atomic E-state index is 0.0585. The molecule has 1 aliphatic rings. The fourth-order valence-electron chi connectivity index (χ4n) is 4.12. The summed E-state index contributed by atoms with van der Waals surface area (Å²) in [7, 11) is 0. The number of aryl methyl sites for hydroxylation is 3. The first-order valence-electron chi connectivity index (χ1n) is 10.5. The highest BCUT2D eigenvalue weighted by Crippen LogP contribution is 2.29. The average molecular weight is 396 g/mol. The number of nitrogens with zero attached hydrogens (tertiary/aromatic N) is 2. The number of hydrogen-bond acceptors (Lipinski definition) is 4. The van der Waals surface area contributed by atoms with Crippen LogP contribution < -0.4 is 15.0 Å². The molecule has 1 heterocycles. The smallest absolute Gasteiger partial charge is 0.241 e. The number of piperazine rings is 1. The van der Waals surface area contributed by atoms with Gasteiger partial charge in [-0.05, 0) is 57.9 Å². The van der Waals surface area contributed by atoms with Crippen molar-refractivity contribution >= 4 is 17.3 Å². The predicted octanol–water partition coefficient (Wildman–Crippen LogP) is 4.16. The molecule has 0 aliphatic carbocycles. The molecular weight excluding hydrogens is 362 g/mol. The molecule has 5 nitrogen and oxygen atoms in total. The molecule has 0 aromatic heterocycles. The van der Waals surface area contributed by atoms with Crippen molar-refractivity contribution in [2.75, 3.05) is 43.0 Å². The molecule has 5 heteroatoms. The SMILES string of the molecule is CCOc1ccccc1N1CCN([C@@H](C)C(=O)Nc2c(C)cc(C)cc2C)CC1. The summed E-state index contributed by atoms with van der Waals surface area (Å²) in [5.41, 5.74) is 5.52. The van der Waals surface area contributed by atoms with E-state index in [0.717, 1.165) is 54.4 Å². The van der Waals surface area contributed by atoms with Crippen molar-refractivity contribution in [3.63, 3.8) is 0 Å². The Kier molecular flexibility index (Phi) is 6.80. The molecule has 3 rings (SSSR count). The molecule has 0 spiro atoms. The maximum Gasteiger partial charge on any atom is 0.241 e. The van der Waals surface area contributed by atoms with Crippen LogP contribution in [-0.4, -0.2) is 49.6 Å². The molecule has 1 fully saturated rings. The normalized spacial score (nSPS) is 15.8. The van der Waals surface area contributed by atoms with Gasteiger partial charge in [0.05, 0.1) is 18.3 Å². The molecule has 0 radical (unpaired) electrons. The van der Waals surface area contributed by atoms with E-state index in [2.05, 4.69) is 54.1 Å². The van der Waals surface area contributed by atoms with E-state index in [4.69, 9.17) is 4.74 Å². The molecule has 1 atom stereocenters. The first kappa shape index (κ1) is 21.2. The van der Waals surface area contributed by atoms with Crippen molar-refractivity contribution in [3.05, 3.63) is 53.1 Å². The number of amides is 1. The Morgan fingerprint density at radius 3 is 2.31 bits per heavy atom. The van der Waals surface area contributed by atoms with Gasteiger partial charge < -0.3 is 15.0 Å². The number of ether oxygens (including phenoxy) is 1. The topological polar surface area (TPSA) is 44.8 Å². The van der Waals surface area contributed by atoms with Crippen molar-refractivity contribution in [2.24, 2.45) is 0 Å². The third kappa shape index (κ3) is 4.91. The summed E-state index contributed by atoms with van der Waals surface area (Å²) in [5, 5.41) is 3.16. The van der Waals surface area contributed by atoms with E-state index in [1.807, 2.05) is 32.0 Å². The molecular formula is C24H33N3O2. The second-order valence-electron chi connectivity index (χ2n) is 7.86. The van der Waals surface area contributed by atoms with Gasteiger partial charge in [-0.25, -0.2) is 0 Å². The number of benzene rings is 2. The Morgan fingerprint density at radius 2 is 1.69 bits per heavy atom. The van der Waals surface area contributed by atoms with Crippen LogP contribution in [0.15, 0.2) is 36.4 Å². The Labute approximate surface area is 174 Å². The summed E-state index contributed by atoms with van der Waals surface area (Å²) in [6.07, 6.45) is 0. The third-order valence-corrected chi connectivity index (χ3v) is 5.67. The lowest BCUT2D eigenvalue weighted by molar-refractivity contribution is -0.120. The highest BCUT2D eigenvalue weighted by atomic mass is 16.5. The zero-order valence-electron chi connectivity index (χ0n) is 18.3. The first-order valence-corrected chi connectivity index (χ1v) is 10.5. The van der Waals surface area contributed by atoms with Crippen molar-refractivity contribution < 1.29 is 9.53 Å². The van der Waals surface area contributed by atoms with Crippen LogP contribution in [0.5, 0.6) is 5.75 Å². The lowest BCUT2D eigenvalue weighted by atomic mass is 10.0. The molecule has 1 N–H and O–H groups in total. The number of hydrogen-bond donors (Lipinski definition) is 1. The minimum Gasteiger partial charge on any atom is -0.492 e. The van der Waals surface area contributed by atoms with Crippen LogP contribution in [0.3, 0.4) is 0 Å². The Morgan fingerprint density at radius 1 is 1.07 bits per heavy atom. The van der Waals surface area contributed by atoms with Crippen LogP contribution in [0.25, 0.3) is 0 Å². The molecule has 0 bridgehead atoms. The molecule has 0 saturated carbocycles. The van der Waals surface area contributed by atoms with E-state index in [-0.39, 0.29) is 11.9 Å². The zero-order chi connectivity index (χ0) is 21.0. The van der Waals surface area contributed by atoms with Crippen LogP contribution in [0.2, 0.25) is 0 Å². The predicted molar refractivity (Wildman–Crippen MR) is 120 cm³/mol. The second-order valence-corrected chi connectivity index (χ2v) is 7.86. The van der Waals surface area contributed by atoms with Gasteiger partial charge in [-0.3, -0.25) is 9.69 Å². The van der Waals surface area contributed by atoms with Crippen LogP contribution in [-0.2, 0) is 4.79 Å². The summed E-state index contributed by atoms with van der Waals surface area (Å²) in [6.45, 7) is 14.3. The molecule has 2 aromatic carbocycles. The molecule has 0 unspecified atom stereocenters. The number of rotatable bonds is 6. The zero-order valence-corrected chi connectivity index (χ0v) is 18.3. The average Bonchev–Trinajstić information content (AvgIpc) is 2.71. The van der Waals surface area contributed by atoms with Gasteiger partial charge in [-0.15, -0.1) is 0 Å². The highest BCUT2D eigenvalue weighted by molar-refractivity contribution is 5.96. The van der Waals surface area contributed by atoms with E-state index < -0.39 is 0 Å². The lowest BCUT2D eigenvalue weighted by Gasteiger charge is -2.39. The van der Waals surface area contributed by atoms with Crippen molar-refractivity contribution in [1.82, 2.24) is 4.90 Å². The molecule has 29 heavy (non-hydrogen) atoms. The van der Waals surface area contributed by atoms with Gasteiger partial charge in [-0.1, -0.05) is 29.8 Å². The fraction of sp³-hybridized carbons (Fsp3) is 0.458. The van der Waals surface area contributed by atoms with Gasteiger partial charge >= 0.3 is 0 Å². The van der Waals surface area contributed by atoms with Crippen LogP contribution >= 0.6 is 0 Å². The summed E-state index contributed by atoms with van der Waals surface area (Å²) >= 11 is 0. The summed E-state index contributed by atoms with van der Waals surface area (Å²) in [6, 6.07) is 12.2. The second kappa shape index (κ2) is 9.31. The van der Waals surface area contributed by atoms with Crippen molar-refractivity contribution in [2.45, 2.75) is 40.7 Å². The van der Waals surface area contributed by atoms with E-state index in [1.165, 1.54) is 5.56 Å². The summed E-state index contributed by atoms with van der Waals surface area (Å²) < 4.78 is 5.78. The Bertz CT molecular complexity index is 834. The maximum atomic E-state index is 12.9. The van der Waals surface area contributed by atoms with E-state index >= 15 is 0 Å². The Balaban J connectivity index is 1.62. The Hall–Kier alpha value is -2.53. The maximum absolute atomic E-state index is 12.9. The van der Waals surface area contributed by atoms with Gasteiger partial charge in [-0.2, -0.15) is 0 Å². The van der Waals surface area contributed by atoms with Crippen molar-refractivity contribution in [1.29, 1.82) is 0 Å². The molecule has 1 saturated heterocycles. The number of para-hydroxylation sites is 2. The molecule has 1 aliphatic heterocycles. The molecule has 1 amide bonds. The lowest BCUT2D eigenvalue weighted by Crippen LogP contribution is -2.53. The fourth-order valence-corrected chi connectivity index (χ4v) is 4.12. The van der Waals surface area contributed by atoms with Crippen LogP contribution in [0.1, 0.15) is 30.5 Å². The van der Waals surface area contributed by atoms with Gasteiger partial charge in [0.1, 0.15) is 5.75 Å². The molecule has 156 valence electrons. The van der Waals surface area contributed by atoms with E-state index in [9.17, 15) is 4.79 Å². The van der Waals surface area contributed by atoms with Gasteiger partial charge in [0, 0.05) is 31.9 Å². The van der Waals surface area contributed by atoms with Crippen LogP contribution in [0, 0.1) is 20.8 Å². The van der Waals surface area contributed by atoms with Crippen LogP contribution in [0.4, 0.5) is 11.4 Å². The largest absolute Gasteiger partial charge is 0.492 e. The van der Waals surface area contributed by atoms with Gasteiger partial charge in [0.25, 0.3) is 0 Å². The number of anilines is 2. The molecule has 2 aromatic rings. The number of carbonyl (C=O) groups excluding carboxylic acids is 1. The minimum atomic E-state index is -0.167. The van der Waals surface area contributed by atoms with Gasteiger partial charge in [0.2, 0.25) is 5.91 Å². The number of nitrogens with one attached hydrogen (secondary N) is 1. The monoisotopic (exact) mass is 395 g/mol.